The second kappa shape index (κ2) is 3.82. The van der Waals surface area contributed by atoms with Gasteiger partial charge in [0.05, 0.1) is 0 Å². The molecule has 0 aromatic rings. The maximum atomic E-state index is 11.4. The van der Waals surface area contributed by atoms with Crippen LogP contribution in [0, 0.1) is 0 Å². The number of cyclic esters (lactones) is 1. The molecule has 1 aliphatic rings. The van der Waals surface area contributed by atoms with Gasteiger partial charge in [-0.1, -0.05) is 12.2 Å². The van der Waals surface area contributed by atoms with Crippen molar-refractivity contribution in [3.8, 4) is 0 Å². The first-order chi connectivity index (χ1) is 6.57. The zero-order valence-electron chi connectivity index (χ0n) is 8.80. The second-order valence-electron chi connectivity index (χ2n) is 3.62. The van der Waals surface area contributed by atoms with Gasteiger partial charge in [0.25, 0.3) is 0 Å². The highest BCUT2D eigenvalue weighted by molar-refractivity contribution is 5.92. The lowest BCUT2D eigenvalue weighted by Gasteiger charge is -2.27. The van der Waals surface area contributed by atoms with E-state index in [4.69, 9.17) is 4.74 Å². The zero-order chi connectivity index (χ0) is 10.8. The largest absolute Gasteiger partial charge is 0.450 e. The van der Waals surface area contributed by atoms with Gasteiger partial charge in [-0.25, -0.2) is 4.79 Å². The van der Waals surface area contributed by atoms with Crippen molar-refractivity contribution in [3.63, 3.8) is 0 Å². The van der Waals surface area contributed by atoms with Crippen LogP contribution >= 0.6 is 0 Å². The molecule has 0 aromatic heterocycles. The molecule has 0 fully saturated rings. The molecule has 2 nitrogen and oxygen atoms in total. The minimum atomic E-state index is -0.509. The molecule has 14 heavy (non-hydrogen) atoms. The molecule has 0 atom stereocenters. The van der Waals surface area contributed by atoms with Crippen molar-refractivity contribution in [1.29, 1.82) is 0 Å². The average Bonchev–Trinajstić information content (AvgIpc) is 2.33. The van der Waals surface area contributed by atoms with Crippen molar-refractivity contribution in [2.75, 3.05) is 0 Å². The summed E-state index contributed by atoms with van der Waals surface area (Å²) in [5, 5.41) is 0. The van der Waals surface area contributed by atoms with E-state index in [0.29, 0.717) is 18.4 Å². The normalized spacial score (nSPS) is 19.4. The van der Waals surface area contributed by atoms with E-state index in [0.717, 1.165) is 5.57 Å². The van der Waals surface area contributed by atoms with E-state index >= 15 is 0 Å². The van der Waals surface area contributed by atoms with Crippen molar-refractivity contribution in [1.82, 2.24) is 0 Å². The van der Waals surface area contributed by atoms with Crippen molar-refractivity contribution in [2.24, 2.45) is 0 Å². The lowest BCUT2D eigenvalue weighted by molar-refractivity contribution is -0.146. The SMILES string of the molecule is C=CCC1(CC=C)OC(=O)C(C)=C1C. The van der Waals surface area contributed by atoms with Gasteiger partial charge in [0.1, 0.15) is 5.60 Å². The topological polar surface area (TPSA) is 26.3 Å². The molecule has 0 spiro atoms. The number of hydrogen-bond acceptors (Lipinski definition) is 2. The number of carbonyl (C=O) groups excluding carboxylic acids is 1. The molecule has 0 amide bonds. The molecule has 0 radical (unpaired) electrons. The minimum Gasteiger partial charge on any atom is -0.450 e. The fraction of sp³-hybridized carbons (Fsp3) is 0.417. The molecule has 76 valence electrons. The van der Waals surface area contributed by atoms with Gasteiger partial charge in [0, 0.05) is 18.4 Å². The van der Waals surface area contributed by atoms with Gasteiger partial charge in [-0.05, 0) is 19.4 Å². The number of hydrogen-bond donors (Lipinski definition) is 0. The highest BCUT2D eigenvalue weighted by Crippen LogP contribution is 2.38. The summed E-state index contributed by atoms with van der Waals surface area (Å²) in [5.74, 6) is -0.216. The van der Waals surface area contributed by atoms with E-state index in [2.05, 4.69) is 13.2 Å². The van der Waals surface area contributed by atoms with E-state index in [1.807, 2.05) is 6.92 Å². The van der Waals surface area contributed by atoms with Gasteiger partial charge >= 0.3 is 5.97 Å². The third-order valence-electron chi connectivity index (χ3n) is 2.79. The Bertz CT molecular complexity index is 300. The van der Waals surface area contributed by atoms with Crippen molar-refractivity contribution in [3.05, 3.63) is 36.5 Å². The molecule has 0 unspecified atom stereocenters. The first-order valence-electron chi connectivity index (χ1n) is 4.70. The van der Waals surface area contributed by atoms with E-state index in [1.165, 1.54) is 0 Å². The second-order valence-corrected chi connectivity index (χ2v) is 3.62. The first-order valence-corrected chi connectivity index (χ1v) is 4.70. The monoisotopic (exact) mass is 192 g/mol. The van der Waals surface area contributed by atoms with E-state index in [-0.39, 0.29) is 5.97 Å². The number of ether oxygens (including phenoxy) is 1. The van der Waals surface area contributed by atoms with Crippen molar-refractivity contribution in [2.45, 2.75) is 32.3 Å². The van der Waals surface area contributed by atoms with E-state index < -0.39 is 5.60 Å². The van der Waals surface area contributed by atoms with E-state index in [9.17, 15) is 4.79 Å². The molecule has 0 aromatic carbocycles. The van der Waals surface area contributed by atoms with Crippen LogP contribution in [0.3, 0.4) is 0 Å². The molecule has 1 rings (SSSR count). The standard InChI is InChI=1S/C12H16O2/c1-5-7-12(8-6-2)10(4)9(3)11(13)14-12/h5-6H,1-2,7-8H2,3-4H3. The summed E-state index contributed by atoms with van der Waals surface area (Å²) in [6.45, 7) is 11.1. The Morgan fingerprint density at radius 3 is 2.07 bits per heavy atom. The highest BCUT2D eigenvalue weighted by atomic mass is 16.6. The molecule has 0 aliphatic carbocycles. The fourth-order valence-corrected chi connectivity index (χ4v) is 1.76. The Kier molecular flexibility index (Phi) is 2.94. The van der Waals surface area contributed by atoms with Crippen LogP contribution in [-0.4, -0.2) is 11.6 Å². The lowest BCUT2D eigenvalue weighted by Crippen LogP contribution is -2.30. The van der Waals surface area contributed by atoms with Crippen LogP contribution < -0.4 is 0 Å². The van der Waals surface area contributed by atoms with Gasteiger partial charge in [-0.2, -0.15) is 0 Å². The van der Waals surface area contributed by atoms with Gasteiger partial charge in [-0.15, -0.1) is 13.2 Å². The van der Waals surface area contributed by atoms with Crippen LogP contribution in [0.25, 0.3) is 0 Å². The Labute approximate surface area is 85.0 Å². The average molecular weight is 192 g/mol. The smallest absolute Gasteiger partial charge is 0.334 e. The summed E-state index contributed by atoms with van der Waals surface area (Å²) in [7, 11) is 0. The van der Waals surface area contributed by atoms with Gasteiger partial charge in [-0.3, -0.25) is 0 Å². The quantitative estimate of drug-likeness (QED) is 0.505. The van der Waals surface area contributed by atoms with Gasteiger partial charge < -0.3 is 4.74 Å². The Morgan fingerprint density at radius 1 is 1.29 bits per heavy atom. The lowest BCUT2D eigenvalue weighted by atomic mass is 9.87. The molecule has 0 saturated carbocycles. The van der Waals surface area contributed by atoms with Crippen LogP contribution in [0.4, 0.5) is 0 Å². The van der Waals surface area contributed by atoms with Gasteiger partial charge in [0.2, 0.25) is 0 Å². The predicted octanol–water partition coefficient (Wildman–Crippen LogP) is 2.77. The molecule has 1 heterocycles. The maximum Gasteiger partial charge on any atom is 0.334 e. The number of esters is 1. The first kappa shape index (κ1) is 10.8. The van der Waals surface area contributed by atoms with Crippen LogP contribution in [-0.2, 0) is 9.53 Å². The van der Waals surface area contributed by atoms with Gasteiger partial charge in [0.15, 0.2) is 0 Å². The van der Waals surface area contributed by atoms with Crippen molar-refractivity contribution >= 4 is 5.97 Å². The van der Waals surface area contributed by atoms with Crippen LogP contribution in [0.1, 0.15) is 26.7 Å². The Morgan fingerprint density at radius 2 is 1.79 bits per heavy atom. The van der Waals surface area contributed by atoms with E-state index in [1.54, 1.807) is 19.1 Å². The molecule has 0 saturated heterocycles. The van der Waals surface area contributed by atoms with Crippen LogP contribution in [0.15, 0.2) is 36.5 Å². The summed E-state index contributed by atoms with van der Waals surface area (Å²) in [6, 6.07) is 0. The summed E-state index contributed by atoms with van der Waals surface area (Å²) in [5.41, 5.74) is 1.21. The molecule has 0 bridgehead atoms. The van der Waals surface area contributed by atoms with Crippen LogP contribution in [0.2, 0.25) is 0 Å². The molecule has 1 aliphatic heterocycles. The predicted molar refractivity (Wildman–Crippen MR) is 56.8 cm³/mol. The third kappa shape index (κ3) is 1.52. The fourth-order valence-electron chi connectivity index (χ4n) is 1.76. The Balaban J connectivity index is 3.07. The zero-order valence-corrected chi connectivity index (χ0v) is 8.80. The number of carbonyl (C=O) groups is 1. The molecule has 0 N–H and O–H groups in total. The summed E-state index contributed by atoms with van der Waals surface area (Å²) in [6.07, 6.45) is 4.85. The molecule has 2 heteroatoms. The summed E-state index contributed by atoms with van der Waals surface area (Å²) in [4.78, 5) is 11.4. The summed E-state index contributed by atoms with van der Waals surface area (Å²) >= 11 is 0. The molecular formula is C12H16O2. The maximum absolute atomic E-state index is 11.4. The highest BCUT2D eigenvalue weighted by Gasteiger charge is 2.41. The summed E-state index contributed by atoms with van der Waals surface area (Å²) < 4.78 is 5.40. The minimum absolute atomic E-state index is 0.216. The Hall–Kier alpha value is -1.31. The molecular weight excluding hydrogens is 176 g/mol. The van der Waals surface area contributed by atoms with Crippen LogP contribution in [0.5, 0.6) is 0 Å². The number of rotatable bonds is 4. The third-order valence-corrected chi connectivity index (χ3v) is 2.79. The van der Waals surface area contributed by atoms with Crippen molar-refractivity contribution < 1.29 is 9.53 Å².